The quantitative estimate of drug-likeness (QED) is 0.749. The molecule has 1 unspecified atom stereocenters. The van der Waals surface area contributed by atoms with Crippen LogP contribution in [-0.2, 0) is 17.6 Å². The Morgan fingerprint density at radius 3 is 2.65 bits per heavy atom. The van der Waals surface area contributed by atoms with Crippen LogP contribution in [0.5, 0.6) is 0 Å². The lowest BCUT2D eigenvalue weighted by atomic mass is 9.75. The van der Waals surface area contributed by atoms with E-state index in [1.807, 2.05) is 0 Å². The molecule has 1 saturated heterocycles. The Balaban J connectivity index is 1.40. The second kappa shape index (κ2) is 7.69. The number of nitrogens with one attached hydrogen (secondary N) is 2. The molecule has 4 rings (SSSR count). The van der Waals surface area contributed by atoms with Gasteiger partial charge in [0.1, 0.15) is 5.00 Å². The Labute approximate surface area is 159 Å². The van der Waals surface area contributed by atoms with E-state index in [2.05, 4.69) is 5.32 Å². The Hall–Kier alpha value is -1.40. The number of aryl methyl sites for hydroxylation is 1. The number of rotatable bonds is 4. The molecule has 26 heavy (non-hydrogen) atoms. The number of carbonyl (C=O) groups is 2. The summed E-state index contributed by atoms with van der Waals surface area (Å²) in [4.78, 5) is 27.2. The van der Waals surface area contributed by atoms with E-state index in [0.29, 0.717) is 17.1 Å². The van der Waals surface area contributed by atoms with E-state index in [1.54, 1.807) is 11.3 Å². The molecule has 0 spiro atoms. The molecule has 3 atom stereocenters. The minimum absolute atomic E-state index is 0.0235. The highest BCUT2D eigenvalue weighted by Crippen LogP contribution is 2.38. The molecule has 2 amide bonds. The highest BCUT2D eigenvalue weighted by Gasteiger charge is 2.34. The minimum Gasteiger partial charge on any atom is -0.365 e. The second-order valence-corrected chi connectivity index (χ2v) is 9.41. The Morgan fingerprint density at radius 1 is 1.08 bits per heavy atom. The number of primary amides is 1. The molecular formula is C20H30N3O2S+. The smallest absolute Gasteiger partial charge is 0.280 e. The van der Waals surface area contributed by atoms with Crippen molar-refractivity contribution < 1.29 is 14.5 Å². The molecule has 5 nitrogen and oxygen atoms in total. The molecule has 2 fully saturated rings. The minimum atomic E-state index is -0.407. The van der Waals surface area contributed by atoms with Gasteiger partial charge < -0.3 is 16.0 Å². The molecule has 4 N–H and O–H groups in total. The highest BCUT2D eigenvalue weighted by atomic mass is 32.1. The summed E-state index contributed by atoms with van der Waals surface area (Å²) >= 11 is 1.56. The molecule has 2 heterocycles. The van der Waals surface area contributed by atoms with Gasteiger partial charge in [-0.3, -0.25) is 9.59 Å². The maximum Gasteiger partial charge on any atom is 0.280 e. The van der Waals surface area contributed by atoms with Crippen molar-refractivity contribution >= 4 is 28.2 Å². The van der Waals surface area contributed by atoms with Gasteiger partial charge in [0, 0.05) is 10.8 Å². The van der Waals surface area contributed by atoms with Crippen LogP contribution in [0.15, 0.2) is 0 Å². The summed E-state index contributed by atoms with van der Waals surface area (Å²) in [6.07, 6.45) is 10.9. The fourth-order valence-electron chi connectivity index (χ4n) is 5.27. The standard InChI is InChI=1S/C20H29N3O2S/c21-19(25)18-15-7-3-4-8-16(15)26-20(18)22-17(24)12-23-10-9-13-5-1-2-6-14(13)11-23/h13-14H,1-12H2,(H2,21,25)(H,22,24)/p+1/t13-,14-/m1/s1. The van der Waals surface area contributed by atoms with E-state index in [-0.39, 0.29) is 5.91 Å². The predicted molar refractivity (Wildman–Crippen MR) is 104 cm³/mol. The molecule has 2 aliphatic carbocycles. The van der Waals surface area contributed by atoms with Crippen molar-refractivity contribution in [3.63, 3.8) is 0 Å². The van der Waals surface area contributed by atoms with Crippen molar-refractivity contribution in [1.82, 2.24) is 0 Å². The normalized spacial score (nSPS) is 28.1. The Bertz CT molecular complexity index is 699. The van der Waals surface area contributed by atoms with Crippen LogP contribution in [0.4, 0.5) is 5.00 Å². The molecule has 0 aromatic carbocycles. The summed E-state index contributed by atoms with van der Waals surface area (Å²) in [5, 5.41) is 3.71. The summed E-state index contributed by atoms with van der Waals surface area (Å²) in [6, 6.07) is 0. The first-order valence-corrected chi connectivity index (χ1v) is 11.0. The zero-order valence-electron chi connectivity index (χ0n) is 15.4. The van der Waals surface area contributed by atoms with Crippen molar-refractivity contribution in [2.75, 3.05) is 25.0 Å². The largest absolute Gasteiger partial charge is 0.365 e. The number of carbonyl (C=O) groups excluding carboxylic acids is 2. The predicted octanol–water partition coefficient (Wildman–Crippen LogP) is 1.76. The van der Waals surface area contributed by atoms with E-state index >= 15 is 0 Å². The molecule has 1 aromatic rings. The molecule has 1 aromatic heterocycles. The number of piperidine rings is 1. The first-order chi connectivity index (χ1) is 12.6. The van der Waals surface area contributed by atoms with Crippen molar-refractivity contribution in [2.24, 2.45) is 17.6 Å². The number of thiophene rings is 1. The van der Waals surface area contributed by atoms with Gasteiger partial charge in [-0.1, -0.05) is 12.8 Å². The van der Waals surface area contributed by atoms with Crippen LogP contribution in [-0.4, -0.2) is 31.4 Å². The number of anilines is 1. The van der Waals surface area contributed by atoms with Crippen molar-refractivity contribution in [1.29, 1.82) is 0 Å². The molecule has 3 aliphatic rings. The van der Waals surface area contributed by atoms with Crippen LogP contribution >= 0.6 is 11.3 Å². The third-order valence-electron chi connectivity index (χ3n) is 6.57. The summed E-state index contributed by atoms with van der Waals surface area (Å²) in [7, 11) is 0. The molecule has 142 valence electrons. The molecule has 0 radical (unpaired) electrons. The van der Waals surface area contributed by atoms with E-state index in [4.69, 9.17) is 5.73 Å². The lowest BCUT2D eigenvalue weighted by Gasteiger charge is -2.38. The average Bonchev–Trinajstić information content (AvgIpc) is 2.99. The van der Waals surface area contributed by atoms with Gasteiger partial charge in [-0.25, -0.2) is 0 Å². The maximum atomic E-state index is 12.7. The number of fused-ring (bicyclic) bond motifs is 2. The van der Waals surface area contributed by atoms with Crippen LogP contribution < -0.4 is 16.0 Å². The SMILES string of the molecule is NC(=O)c1c(NC(=O)C[NH+]2CC[C@H]3CCCC[C@@H]3C2)sc2c1CCCC2. The van der Waals surface area contributed by atoms with Gasteiger partial charge in [0.05, 0.1) is 18.7 Å². The zero-order valence-corrected chi connectivity index (χ0v) is 16.3. The summed E-state index contributed by atoms with van der Waals surface area (Å²) in [6.45, 7) is 2.73. The number of likely N-dealkylation sites (tertiary alicyclic amines) is 1. The Kier molecular flexibility index (Phi) is 5.32. The average molecular weight is 377 g/mol. The van der Waals surface area contributed by atoms with E-state index in [9.17, 15) is 9.59 Å². The monoisotopic (exact) mass is 376 g/mol. The van der Waals surface area contributed by atoms with Crippen molar-refractivity contribution in [3.05, 3.63) is 16.0 Å². The van der Waals surface area contributed by atoms with Gasteiger partial charge in [0.15, 0.2) is 6.54 Å². The van der Waals surface area contributed by atoms with Gasteiger partial charge in [0.25, 0.3) is 11.8 Å². The van der Waals surface area contributed by atoms with Gasteiger partial charge in [-0.15, -0.1) is 11.3 Å². The maximum absolute atomic E-state index is 12.7. The lowest BCUT2D eigenvalue weighted by molar-refractivity contribution is -0.902. The van der Waals surface area contributed by atoms with E-state index in [0.717, 1.165) is 56.2 Å². The first kappa shape index (κ1) is 18.0. The van der Waals surface area contributed by atoms with Crippen LogP contribution in [0.1, 0.15) is 65.7 Å². The van der Waals surface area contributed by atoms with Crippen molar-refractivity contribution in [2.45, 2.75) is 57.8 Å². The fourth-order valence-corrected chi connectivity index (χ4v) is 6.58. The number of hydrogen-bond acceptors (Lipinski definition) is 3. The molecule has 6 heteroatoms. The fraction of sp³-hybridized carbons (Fsp3) is 0.700. The van der Waals surface area contributed by atoms with Crippen LogP contribution in [0.2, 0.25) is 0 Å². The number of nitrogens with two attached hydrogens (primary N) is 1. The van der Waals surface area contributed by atoms with Gasteiger partial charge >= 0.3 is 0 Å². The molecule has 1 aliphatic heterocycles. The second-order valence-electron chi connectivity index (χ2n) is 8.30. The number of hydrogen-bond donors (Lipinski definition) is 3. The van der Waals surface area contributed by atoms with Crippen LogP contribution in [0.25, 0.3) is 0 Å². The Morgan fingerprint density at radius 2 is 1.85 bits per heavy atom. The highest BCUT2D eigenvalue weighted by molar-refractivity contribution is 7.17. The number of amides is 2. The van der Waals surface area contributed by atoms with Crippen LogP contribution in [0.3, 0.4) is 0 Å². The number of quaternary nitrogens is 1. The zero-order chi connectivity index (χ0) is 18.1. The summed E-state index contributed by atoms with van der Waals surface area (Å²) < 4.78 is 0. The lowest BCUT2D eigenvalue weighted by Crippen LogP contribution is -3.15. The first-order valence-electron chi connectivity index (χ1n) is 10.2. The van der Waals surface area contributed by atoms with Crippen LogP contribution in [0, 0.1) is 11.8 Å². The van der Waals surface area contributed by atoms with E-state index in [1.165, 1.54) is 41.9 Å². The third kappa shape index (κ3) is 3.67. The summed E-state index contributed by atoms with van der Waals surface area (Å²) in [5.74, 6) is 1.31. The molecule has 0 bridgehead atoms. The third-order valence-corrected chi connectivity index (χ3v) is 7.77. The van der Waals surface area contributed by atoms with Gasteiger partial charge in [-0.05, 0) is 56.4 Å². The van der Waals surface area contributed by atoms with Gasteiger partial charge in [0.2, 0.25) is 0 Å². The van der Waals surface area contributed by atoms with Gasteiger partial charge in [-0.2, -0.15) is 0 Å². The topological polar surface area (TPSA) is 76.6 Å². The van der Waals surface area contributed by atoms with Crippen molar-refractivity contribution in [3.8, 4) is 0 Å². The summed E-state index contributed by atoms with van der Waals surface area (Å²) in [5.41, 5.74) is 7.28. The van der Waals surface area contributed by atoms with E-state index < -0.39 is 5.91 Å². The molecular weight excluding hydrogens is 346 g/mol. The molecule has 1 saturated carbocycles.